The van der Waals surface area contributed by atoms with Gasteiger partial charge >= 0.3 is 0 Å². The molecule has 1 heterocycles. The average molecular weight is 526 g/mol. The molecule has 0 unspecified atom stereocenters. The second-order valence-corrected chi connectivity index (χ2v) is 8.52. The van der Waals surface area contributed by atoms with Crippen molar-refractivity contribution >= 4 is 75.7 Å². The van der Waals surface area contributed by atoms with Gasteiger partial charge in [-0.3, -0.25) is 24.6 Å². The van der Waals surface area contributed by atoms with Crippen LogP contribution in [0.2, 0.25) is 10.0 Å². The van der Waals surface area contributed by atoms with Gasteiger partial charge in [-0.05, 0) is 60.8 Å². The molecule has 1 saturated heterocycles. The Kier molecular flexibility index (Phi) is 7.45. The summed E-state index contributed by atoms with van der Waals surface area (Å²) in [7, 11) is 0. The lowest BCUT2D eigenvalue weighted by molar-refractivity contribution is -0.122. The summed E-state index contributed by atoms with van der Waals surface area (Å²) in [4.78, 5) is 39.4. The van der Waals surface area contributed by atoms with Gasteiger partial charge in [-0.15, -0.1) is 0 Å². The van der Waals surface area contributed by atoms with E-state index >= 15 is 0 Å². The molecular weight excluding hydrogens is 509 g/mol. The predicted molar refractivity (Wildman–Crippen MR) is 140 cm³/mol. The fraction of sp³-hybridized carbons (Fsp3) is 0.0400. The zero-order valence-corrected chi connectivity index (χ0v) is 20.3. The number of halogens is 2. The van der Waals surface area contributed by atoms with E-state index in [0.717, 1.165) is 0 Å². The molecule has 2 N–H and O–H groups in total. The van der Waals surface area contributed by atoms with E-state index < -0.39 is 17.7 Å². The van der Waals surface area contributed by atoms with E-state index in [-0.39, 0.29) is 23.0 Å². The van der Waals surface area contributed by atoms with Crippen molar-refractivity contribution in [2.24, 2.45) is 0 Å². The lowest BCUT2D eigenvalue weighted by atomic mass is 10.1. The van der Waals surface area contributed by atoms with E-state index in [0.29, 0.717) is 27.0 Å². The molecule has 4 rings (SSSR count). The van der Waals surface area contributed by atoms with Crippen LogP contribution >= 0.6 is 35.4 Å². The highest BCUT2D eigenvalue weighted by Crippen LogP contribution is 2.28. The maximum Gasteiger partial charge on any atom is 0.270 e. The van der Waals surface area contributed by atoms with Crippen LogP contribution in [0.25, 0.3) is 6.08 Å². The van der Waals surface area contributed by atoms with E-state index in [1.165, 1.54) is 17.0 Å². The highest BCUT2D eigenvalue weighted by molar-refractivity contribution is 7.80. The molecule has 0 aliphatic carbocycles. The summed E-state index contributed by atoms with van der Waals surface area (Å²) >= 11 is 17.4. The summed E-state index contributed by atoms with van der Waals surface area (Å²) in [6.45, 7) is -0.344. The van der Waals surface area contributed by atoms with Crippen molar-refractivity contribution in [3.8, 4) is 5.75 Å². The minimum absolute atomic E-state index is 0.0258. The second kappa shape index (κ2) is 10.7. The molecule has 3 aromatic rings. The van der Waals surface area contributed by atoms with E-state index in [4.69, 9.17) is 40.2 Å². The topological polar surface area (TPSA) is 87.7 Å². The van der Waals surface area contributed by atoms with Crippen LogP contribution in [0.15, 0.2) is 78.4 Å². The molecule has 0 atom stereocenters. The van der Waals surface area contributed by atoms with Crippen molar-refractivity contribution in [3.63, 3.8) is 0 Å². The summed E-state index contributed by atoms with van der Waals surface area (Å²) in [6.07, 6.45) is 1.35. The van der Waals surface area contributed by atoms with Crippen LogP contribution in [0.3, 0.4) is 0 Å². The molecule has 10 heteroatoms. The van der Waals surface area contributed by atoms with E-state index in [2.05, 4.69) is 10.6 Å². The van der Waals surface area contributed by atoms with Gasteiger partial charge in [-0.2, -0.15) is 0 Å². The third-order valence-electron chi connectivity index (χ3n) is 4.89. The van der Waals surface area contributed by atoms with Crippen LogP contribution < -0.4 is 20.3 Å². The molecule has 176 valence electrons. The molecule has 3 amide bonds. The smallest absolute Gasteiger partial charge is 0.270 e. The molecule has 7 nitrogen and oxygen atoms in total. The minimum Gasteiger partial charge on any atom is -0.483 e. The third-order valence-corrected chi connectivity index (χ3v) is 5.74. The number of hydrogen-bond donors (Lipinski definition) is 2. The van der Waals surface area contributed by atoms with Crippen LogP contribution in [0.1, 0.15) is 5.56 Å². The van der Waals surface area contributed by atoms with Gasteiger partial charge in [0, 0.05) is 10.6 Å². The van der Waals surface area contributed by atoms with Crippen LogP contribution in [0.4, 0.5) is 11.4 Å². The predicted octanol–water partition coefficient (Wildman–Crippen LogP) is 4.84. The number of amides is 3. The summed E-state index contributed by atoms with van der Waals surface area (Å²) in [5.41, 5.74) is 1.12. The average Bonchev–Trinajstić information content (AvgIpc) is 2.83. The van der Waals surface area contributed by atoms with Crippen LogP contribution in [0, 0.1) is 0 Å². The number of benzene rings is 3. The lowest BCUT2D eigenvalue weighted by Gasteiger charge is -2.29. The van der Waals surface area contributed by atoms with Crippen LogP contribution in [-0.4, -0.2) is 29.4 Å². The van der Waals surface area contributed by atoms with Crippen molar-refractivity contribution in [1.82, 2.24) is 5.32 Å². The fourth-order valence-corrected chi connectivity index (χ4v) is 3.92. The van der Waals surface area contributed by atoms with Crippen molar-refractivity contribution in [3.05, 3.63) is 94.0 Å². The Morgan fingerprint density at radius 3 is 2.49 bits per heavy atom. The van der Waals surface area contributed by atoms with Gasteiger partial charge in [0.25, 0.3) is 17.7 Å². The molecule has 1 aliphatic rings. The lowest BCUT2D eigenvalue weighted by Crippen LogP contribution is -2.54. The number of nitrogens with one attached hydrogen (secondary N) is 2. The Balaban J connectivity index is 1.58. The quantitative estimate of drug-likeness (QED) is 0.273. The van der Waals surface area contributed by atoms with Crippen LogP contribution in [0.5, 0.6) is 5.75 Å². The first-order valence-corrected chi connectivity index (χ1v) is 11.4. The molecule has 1 fully saturated rings. The van der Waals surface area contributed by atoms with E-state index in [1.807, 2.05) is 0 Å². The van der Waals surface area contributed by atoms with Crippen molar-refractivity contribution in [2.45, 2.75) is 0 Å². The zero-order valence-electron chi connectivity index (χ0n) is 18.0. The standard InChI is InChI=1S/C25H17Cl2N3O4S/c26-16-10-11-21(34-14-22(31)28-20-9-5-4-8-19(20)27)15(12-16)13-18-23(32)29-25(35)30(24(18)33)17-6-2-1-3-7-17/h1-13H,14H2,(H,28,31)(H,29,32,35)/b18-13-. The zero-order chi connectivity index (χ0) is 24.9. The summed E-state index contributed by atoms with van der Waals surface area (Å²) in [5, 5.41) is 5.90. The number of rotatable bonds is 6. The number of ether oxygens (including phenoxy) is 1. The molecule has 0 saturated carbocycles. The number of thiocarbonyl (C=S) groups is 1. The Morgan fingerprint density at radius 1 is 1.03 bits per heavy atom. The number of anilines is 2. The number of carbonyl (C=O) groups is 3. The number of para-hydroxylation sites is 2. The Labute approximate surface area is 216 Å². The van der Waals surface area contributed by atoms with Gasteiger partial charge in [0.1, 0.15) is 11.3 Å². The van der Waals surface area contributed by atoms with Crippen molar-refractivity contribution in [1.29, 1.82) is 0 Å². The molecule has 3 aromatic carbocycles. The first-order chi connectivity index (χ1) is 16.8. The number of nitrogens with zero attached hydrogens (tertiary/aromatic N) is 1. The maximum absolute atomic E-state index is 13.2. The van der Waals surface area contributed by atoms with Gasteiger partial charge in [0.05, 0.1) is 16.4 Å². The van der Waals surface area contributed by atoms with Gasteiger partial charge in [-0.1, -0.05) is 53.5 Å². The molecule has 1 aliphatic heterocycles. The SMILES string of the molecule is O=C(COc1ccc(Cl)cc1/C=C1/C(=O)NC(=S)N(c2ccccc2)C1=O)Nc1ccccc1Cl. The largest absolute Gasteiger partial charge is 0.483 e. The van der Waals surface area contributed by atoms with Gasteiger partial charge in [0.2, 0.25) is 0 Å². The van der Waals surface area contributed by atoms with E-state index in [1.54, 1.807) is 66.7 Å². The van der Waals surface area contributed by atoms with Crippen LogP contribution in [-0.2, 0) is 14.4 Å². The van der Waals surface area contributed by atoms with E-state index in [9.17, 15) is 14.4 Å². The minimum atomic E-state index is -0.658. The highest BCUT2D eigenvalue weighted by atomic mass is 35.5. The molecular formula is C25H17Cl2N3O4S. The molecule has 0 aromatic heterocycles. The van der Waals surface area contributed by atoms with Gasteiger partial charge in [-0.25, -0.2) is 0 Å². The number of carbonyl (C=O) groups excluding carboxylic acids is 3. The third kappa shape index (κ3) is 5.68. The van der Waals surface area contributed by atoms with Crippen molar-refractivity contribution in [2.75, 3.05) is 16.8 Å². The molecule has 35 heavy (non-hydrogen) atoms. The summed E-state index contributed by atoms with van der Waals surface area (Å²) in [6, 6.07) is 20.1. The first kappa shape index (κ1) is 24.4. The van der Waals surface area contributed by atoms with Crippen molar-refractivity contribution < 1.29 is 19.1 Å². The Hall–Kier alpha value is -3.72. The Bertz CT molecular complexity index is 1360. The molecule has 0 bridgehead atoms. The highest BCUT2D eigenvalue weighted by Gasteiger charge is 2.34. The molecule has 0 spiro atoms. The fourth-order valence-electron chi connectivity index (χ4n) is 3.28. The summed E-state index contributed by atoms with van der Waals surface area (Å²) < 4.78 is 5.67. The number of hydrogen-bond acceptors (Lipinski definition) is 5. The summed E-state index contributed by atoms with van der Waals surface area (Å²) in [5.74, 6) is -1.46. The Morgan fingerprint density at radius 2 is 1.74 bits per heavy atom. The second-order valence-electron chi connectivity index (χ2n) is 7.29. The first-order valence-electron chi connectivity index (χ1n) is 10.3. The molecule has 0 radical (unpaired) electrons. The maximum atomic E-state index is 13.2. The van der Waals surface area contributed by atoms with Gasteiger partial charge in [0.15, 0.2) is 11.7 Å². The normalized spacial score (nSPS) is 14.6. The monoisotopic (exact) mass is 525 g/mol. The van der Waals surface area contributed by atoms with Gasteiger partial charge < -0.3 is 10.1 Å².